The molecular weight excluding hydrogens is 277 g/mol. The summed E-state index contributed by atoms with van der Waals surface area (Å²) in [5.41, 5.74) is -0.295. The summed E-state index contributed by atoms with van der Waals surface area (Å²) >= 11 is 1.29. The molecule has 0 spiro atoms. The van der Waals surface area contributed by atoms with Gasteiger partial charge in [-0.25, -0.2) is 4.39 Å². The molecule has 1 aromatic carbocycles. The Hall–Kier alpha value is -1.46. The van der Waals surface area contributed by atoms with Crippen LogP contribution >= 0.6 is 11.3 Å². The molecule has 3 nitrogen and oxygen atoms in total. The molecule has 0 aliphatic rings. The van der Waals surface area contributed by atoms with Gasteiger partial charge in [0, 0.05) is 23.7 Å². The van der Waals surface area contributed by atoms with Gasteiger partial charge in [-0.2, -0.15) is 0 Å². The number of carbonyl (C=O) groups is 1. The Morgan fingerprint density at radius 3 is 2.65 bits per heavy atom. The van der Waals surface area contributed by atoms with Gasteiger partial charge in [-0.15, -0.1) is 11.3 Å². The lowest BCUT2D eigenvalue weighted by Gasteiger charge is -2.25. The molecule has 2 rings (SSSR count). The Bertz CT molecular complexity index is 658. The van der Waals surface area contributed by atoms with E-state index < -0.39 is 5.60 Å². The van der Waals surface area contributed by atoms with Gasteiger partial charge in [0.2, 0.25) is 0 Å². The Morgan fingerprint density at radius 2 is 2.10 bits per heavy atom. The van der Waals surface area contributed by atoms with Crippen LogP contribution in [-0.2, 0) is 0 Å². The molecule has 20 heavy (non-hydrogen) atoms. The van der Waals surface area contributed by atoms with Gasteiger partial charge in [-0.05, 0) is 38.5 Å². The van der Waals surface area contributed by atoms with E-state index in [9.17, 15) is 14.3 Å². The molecule has 0 atom stereocenters. The van der Waals surface area contributed by atoms with Gasteiger partial charge < -0.3 is 10.0 Å². The van der Waals surface area contributed by atoms with E-state index in [1.165, 1.54) is 22.3 Å². The highest BCUT2D eigenvalue weighted by Gasteiger charge is 2.24. The molecule has 0 bridgehead atoms. The molecule has 0 saturated carbocycles. The van der Waals surface area contributed by atoms with Crippen LogP contribution in [0.15, 0.2) is 18.2 Å². The number of hydrogen-bond acceptors (Lipinski definition) is 3. The lowest BCUT2D eigenvalue weighted by molar-refractivity contribution is 0.0370. The maximum atomic E-state index is 13.8. The molecule has 0 aliphatic heterocycles. The van der Waals surface area contributed by atoms with Crippen LogP contribution in [0.1, 0.15) is 29.1 Å². The number of hydrogen-bond donors (Lipinski definition) is 1. The van der Waals surface area contributed by atoms with Crippen molar-refractivity contribution in [2.45, 2.75) is 26.4 Å². The lowest BCUT2D eigenvalue weighted by atomic mass is 10.1. The predicted molar refractivity (Wildman–Crippen MR) is 79.8 cm³/mol. The van der Waals surface area contributed by atoms with E-state index >= 15 is 0 Å². The van der Waals surface area contributed by atoms with Crippen LogP contribution in [0, 0.1) is 12.7 Å². The molecule has 2 aromatic rings. The van der Waals surface area contributed by atoms with Crippen LogP contribution in [0.5, 0.6) is 0 Å². The van der Waals surface area contributed by atoms with Crippen molar-refractivity contribution < 1.29 is 14.3 Å². The second-order valence-electron chi connectivity index (χ2n) is 5.64. The third kappa shape index (κ3) is 2.83. The Labute approximate surface area is 121 Å². The number of likely N-dealkylation sites (N-methyl/N-ethyl adjacent to an activating group) is 1. The molecule has 0 aliphatic carbocycles. The van der Waals surface area contributed by atoms with E-state index in [0.29, 0.717) is 15.8 Å². The smallest absolute Gasteiger partial charge is 0.264 e. The number of halogens is 1. The molecule has 0 radical (unpaired) electrons. The average molecular weight is 295 g/mol. The minimum Gasteiger partial charge on any atom is -0.389 e. The standard InChI is InChI=1S/C15H18FNO2S/c1-9-12-10(16)6-5-7-11(12)20-13(9)14(18)17(4)8-15(2,3)19/h5-7,19H,8H2,1-4H3. The maximum Gasteiger partial charge on any atom is 0.264 e. The van der Waals surface area contributed by atoms with Crippen LogP contribution < -0.4 is 0 Å². The van der Waals surface area contributed by atoms with Crippen molar-refractivity contribution in [3.05, 3.63) is 34.5 Å². The monoisotopic (exact) mass is 295 g/mol. The van der Waals surface area contributed by atoms with E-state index in [4.69, 9.17) is 0 Å². The van der Waals surface area contributed by atoms with Crippen molar-refractivity contribution in [3.63, 3.8) is 0 Å². The van der Waals surface area contributed by atoms with Crippen LogP contribution in [0.4, 0.5) is 4.39 Å². The quantitative estimate of drug-likeness (QED) is 0.944. The van der Waals surface area contributed by atoms with Crippen LogP contribution in [0.3, 0.4) is 0 Å². The molecule has 108 valence electrons. The zero-order valence-corrected chi connectivity index (χ0v) is 12.8. The summed E-state index contributed by atoms with van der Waals surface area (Å²) in [5, 5.41) is 10.3. The van der Waals surface area contributed by atoms with E-state index in [1.807, 2.05) is 6.07 Å². The van der Waals surface area contributed by atoms with Crippen molar-refractivity contribution in [2.75, 3.05) is 13.6 Å². The fourth-order valence-corrected chi connectivity index (χ4v) is 3.50. The number of aliphatic hydroxyl groups is 1. The van der Waals surface area contributed by atoms with Crippen molar-refractivity contribution in [1.82, 2.24) is 4.90 Å². The molecule has 0 unspecified atom stereocenters. The van der Waals surface area contributed by atoms with Crippen molar-refractivity contribution >= 4 is 27.3 Å². The third-order valence-electron chi connectivity index (χ3n) is 3.07. The molecule has 5 heteroatoms. The Kier molecular flexibility index (Phi) is 3.84. The highest BCUT2D eigenvalue weighted by atomic mass is 32.1. The number of benzene rings is 1. The van der Waals surface area contributed by atoms with E-state index in [-0.39, 0.29) is 18.3 Å². The van der Waals surface area contributed by atoms with Crippen LogP contribution in [-0.4, -0.2) is 35.1 Å². The fourth-order valence-electron chi connectivity index (χ4n) is 2.28. The van der Waals surface area contributed by atoms with E-state index in [2.05, 4.69) is 0 Å². The topological polar surface area (TPSA) is 40.5 Å². The highest BCUT2D eigenvalue weighted by molar-refractivity contribution is 7.21. The highest BCUT2D eigenvalue weighted by Crippen LogP contribution is 2.33. The SMILES string of the molecule is Cc1c(C(=O)N(C)CC(C)(C)O)sc2cccc(F)c12. The van der Waals surface area contributed by atoms with Gasteiger partial charge in [0.05, 0.1) is 10.5 Å². The zero-order valence-electron chi connectivity index (χ0n) is 12.0. The summed E-state index contributed by atoms with van der Waals surface area (Å²) in [6.45, 7) is 5.28. The van der Waals surface area contributed by atoms with Gasteiger partial charge in [-0.1, -0.05) is 6.07 Å². The molecule has 1 heterocycles. The summed E-state index contributed by atoms with van der Waals surface area (Å²) in [5.74, 6) is -0.495. The summed E-state index contributed by atoms with van der Waals surface area (Å²) in [6.07, 6.45) is 0. The van der Waals surface area contributed by atoms with E-state index in [1.54, 1.807) is 33.9 Å². The first-order chi connectivity index (χ1) is 9.20. The van der Waals surface area contributed by atoms with Gasteiger partial charge in [-0.3, -0.25) is 4.79 Å². The number of amides is 1. The molecular formula is C15H18FNO2S. The molecule has 1 aromatic heterocycles. The Morgan fingerprint density at radius 1 is 1.45 bits per heavy atom. The van der Waals surface area contributed by atoms with Crippen LogP contribution in [0.2, 0.25) is 0 Å². The van der Waals surface area contributed by atoms with Gasteiger partial charge in [0.25, 0.3) is 5.91 Å². The maximum absolute atomic E-state index is 13.8. The largest absolute Gasteiger partial charge is 0.389 e. The predicted octanol–water partition coefficient (Wildman–Crippen LogP) is 3.19. The summed E-state index contributed by atoms with van der Waals surface area (Å²) in [6, 6.07) is 4.85. The number of nitrogens with zero attached hydrogens (tertiary/aromatic N) is 1. The number of thiophene rings is 1. The normalized spacial score (nSPS) is 11.9. The minimum absolute atomic E-state index is 0.190. The minimum atomic E-state index is -0.958. The van der Waals surface area contributed by atoms with Gasteiger partial charge >= 0.3 is 0 Å². The van der Waals surface area contributed by atoms with Gasteiger partial charge in [0.15, 0.2) is 0 Å². The second kappa shape index (κ2) is 5.14. The lowest BCUT2D eigenvalue weighted by Crippen LogP contribution is -2.39. The average Bonchev–Trinajstić information content (AvgIpc) is 2.65. The number of carbonyl (C=O) groups excluding carboxylic acids is 1. The summed E-state index contributed by atoms with van der Waals surface area (Å²) in [7, 11) is 1.64. The van der Waals surface area contributed by atoms with Crippen molar-refractivity contribution in [3.8, 4) is 0 Å². The molecule has 1 N–H and O–H groups in total. The second-order valence-corrected chi connectivity index (χ2v) is 6.70. The van der Waals surface area contributed by atoms with Crippen LogP contribution in [0.25, 0.3) is 10.1 Å². The summed E-state index contributed by atoms with van der Waals surface area (Å²) in [4.78, 5) is 14.4. The fraction of sp³-hybridized carbons (Fsp3) is 0.400. The van der Waals surface area contributed by atoms with Gasteiger partial charge in [0.1, 0.15) is 5.82 Å². The Balaban J connectivity index is 2.41. The number of aryl methyl sites for hydroxylation is 1. The van der Waals surface area contributed by atoms with Crippen molar-refractivity contribution in [1.29, 1.82) is 0 Å². The third-order valence-corrected chi connectivity index (χ3v) is 4.31. The van der Waals surface area contributed by atoms with Crippen molar-refractivity contribution in [2.24, 2.45) is 0 Å². The van der Waals surface area contributed by atoms with E-state index in [0.717, 1.165) is 4.70 Å². The summed E-state index contributed by atoms with van der Waals surface area (Å²) < 4.78 is 14.6. The molecule has 0 fully saturated rings. The first-order valence-electron chi connectivity index (χ1n) is 6.36. The number of fused-ring (bicyclic) bond motifs is 1. The first kappa shape index (κ1) is 14.9. The first-order valence-corrected chi connectivity index (χ1v) is 7.18. The molecule has 0 saturated heterocycles. The zero-order chi connectivity index (χ0) is 15.1. The number of rotatable bonds is 3. The molecule has 1 amide bonds.